The molecular weight excluding hydrogens is 334 g/mol. The van der Waals surface area contributed by atoms with Crippen LogP contribution in [0.15, 0.2) is 23.3 Å². The van der Waals surface area contributed by atoms with Crippen molar-refractivity contribution in [3.63, 3.8) is 0 Å². The third-order valence-corrected chi connectivity index (χ3v) is 5.31. The highest BCUT2D eigenvalue weighted by Gasteiger charge is 2.42. The minimum Gasteiger partial charge on any atom is -0.480 e. The van der Waals surface area contributed by atoms with Crippen molar-refractivity contribution >= 4 is 5.97 Å². The van der Waals surface area contributed by atoms with Crippen LogP contribution in [0, 0.1) is 0 Å². The predicted octanol–water partition coefficient (Wildman–Crippen LogP) is 6.99. The third kappa shape index (κ3) is 10.1. The van der Waals surface area contributed by atoms with E-state index in [9.17, 15) is 9.90 Å². The molecule has 0 bridgehead atoms. The highest BCUT2D eigenvalue weighted by atomic mass is 16.4. The smallest absolute Gasteiger partial charge is 0.324 e. The molecule has 1 unspecified atom stereocenters. The molecule has 0 aliphatic carbocycles. The summed E-state index contributed by atoms with van der Waals surface area (Å²) >= 11 is 0. The van der Waals surface area contributed by atoms with E-state index < -0.39 is 11.5 Å². The van der Waals surface area contributed by atoms with E-state index in [1.807, 2.05) is 0 Å². The molecule has 1 atom stereocenters. The summed E-state index contributed by atoms with van der Waals surface area (Å²) in [4.78, 5) is 14.8. The molecule has 27 heavy (non-hydrogen) atoms. The lowest BCUT2D eigenvalue weighted by Crippen LogP contribution is -2.55. The molecule has 0 aromatic rings. The molecule has 0 aliphatic rings. The molecule has 0 saturated heterocycles. The molecule has 0 fully saturated rings. The molecule has 0 amide bonds. The van der Waals surface area contributed by atoms with Gasteiger partial charge in [-0.1, -0.05) is 69.8 Å². The molecule has 0 spiro atoms. The van der Waals surface area contributed by atoms with Crippen LogP contribution >= 0.6 is 0 Å². The van der Waals surface area contributed by atoms with Crippen LogP contribution in [0.2, 0.25) is 0 Å². The second kappa shape index (κ2) is 14.9. The molecule has 1 N–H and O–H groups in total. The maximum Gasteiger partial charge on any atom is 0.324 e. The van der Waals surface area contributed by atoms with Gasteiger partial charge in [0.2, 0.25) is 0 Å². The van der Waals surface area contributed by atoms with Crippen LogP contribution < -0.4 is 0 Å². The first-order valence-electron chi connectivity index (χ1n) is 11.1. The SMILES string of the molecule is CCCCCCC(C/C=C(\C)CCC=C(C)C)(C(=O)O)N(CCC)CCC. The number of rotatable bonds is 16. The number of carboxylic acid groups (broad SMARTS) is 1. The van der Waals surface area contributed by atoms with Crippen molar-refractivity contribution in [2.75, 3.05) is 13.1 Å². The number of allylic oxidation sites excluding steroid dienone is 3. The van der Waals surface area contributed by atoms with Gasteiger partial charge in [-0.05, 0) is 72.4 Å². The van der Waals surface area contributed by atoms with Crippen LogP contribution in [-0.4, -0.2) is 34.6 Å². The maximum atomic E-state index is 12.5. The Morgan fingerprint density at radius 1 is 0.926 bits per heavy atom. The second-order valence-electron chi connectivity index (χ2n) is 8.21. The van der Waals surface area contributed by atoms with Crippen molar-refractivity contribution in [3.8, 4) is 0 Å². The number of unbranched alkanes of at least 4 members (excludes halogenated alkanes) is 3. The maximum absolute atomic E-state index is 12.5. The molecule has 0 saturated carbocycles. The average Bonchev–Trinajstić information content (AvgIpc) is 2.60. The van der Waals surface area contributed by atoms with Crippen LogP contribution in [0.1, 0.15) is 106 Å². The summed E-state index contributed by atoms with van der Waals surface area (Å²) < 4.78 is 0. The lowest BCUT2D eigenvalue weighted by Gasteiger charge is -2.40. The van der Waals surface area contributed by atoms with Crippen LogP contribution in [0.4, 0.5) is 0 Å². The van der Waals surface area contributed by atoms with Crippen molar-refractivity contribution in [3.05, 3.63) is 23.3 Å². The average molecular weight is 380 g/mol. The molecule has 0 heterocycles. The highest BCUT2D eigenvalue weighted by molar-refractivity contribution is 5.79. The van der Waals surface area contributed by atoms with Gasteiger partial charge in [-0.15, -0.1) is 0 Å². The van der Waals surface area contributed by atoms with E-state index in [1.165, 1.54) is 24.0 Å². The van der Waals surface area contributed by atoms with E-state index in [0.717, 1.165) is 58.0 Å². The summed E-state index contributed by atoms with van der Waals surface area (Å²) in [5.74, 6) is -0.644. The van der Waals surface area contributed by atoms with Gasteiger partial charge in [0.1, 0.15) is 5.54 Å². The standard InChI is InChI=1S/C24H45NO2/c1-7-10-11-12-17-24(23(26)27,25(19-8-2)20-9-3)18-16-22(6)15-13-14-21(4)5/h14,16H,7-13,15,17-20H2,1-6H3,(H,26,27)/b22-16+. The Morgan fingerprint density at radius 2 is 1.56 bits per heavy atom. The van der Waals surface area contributed by atoms with Crippen LogP contribution in [-0.2, 0) is 4.79 Å². The van der Waals surface area contributed by atoms with Gasteiger partial charge >= 0.3 is 5.97 Å². The van der Waals surface area contributed by atoms with Crippen LogP contribution in [0.25, 0.3) is 0 Å². The van der Waals surface area contributed by atoms with Crippen molar-refractivity contribution < 1.29 is 9.90 Å². The highest BCUT2D eigenvalue weighted by Crippen LogP contribution is 2.30. The van der Waals surface area contributed by atoms with Crippen LogP contribution in [0.3, 0.4) is 0 Å². The van der Waals surface area contributed by atoms with Crippen molar-refractivity contribution in [1.29, 1.82) is 0 Å². The molecule has 0 radical (unpaired) electrons. The Kier molecular flexibility index (Phi) is 14.3. The van der Waals surface area contributed by atoms with Crippen molar-refractivity contribution in [2.24, 2.45) is 0 Å². The quantitative estimate of drug-likeness (QED) is 0.232. The molecule has 3 nitrogen and oxygen atoms in total. The molecule has 158 valence electrons. The van der Waals surface area contributed by atoms with E-state index in [-0.39, 0.29) is 0 Å². The summed E-state index contributed by atoms with van der Waals surface area (Å²) in [5.41, 5.74) is 1.90. The lowest BCUT2D eigenvalue weighted by molar-refractivity contribution is -0.152. The molecule has 0 rings (SSSR count). The van der Waals surface area contributed by atoms with Gasteiger partial charge in [0.25, 0.3) is 0 Å². The molecular formula is C24H45NO2. The number of aliphatic carboxylic acids is 1. The first-order chi connectivity index (χ1) is 12.8. The topological polar surface area (TPSA) is 40.5 Å². The van der Waals surface area contributed by atoms with Crippen molar-refractivity contribution in [1.82, 2.24) is 4.90 Å². The monoisotopic (exact) mass is 379 g/mol. The third-order valence-electron chi connectivity index (χ3n) is 5.31. The lowest BCUT2D eigenvalue weighted by atomic mass is 9.85. The Morgan fingerprint density at radius 3 is 2.04 bits per heavy atom. The predicted molar refractivity (Wildman–Crippen MR) is 118 cm³/mol. The summed E-state index contributed by atoms with van der Waals surface area (Å²) in [5, 5.41) is 10.3. The minimum absolute atomic E-state index is 0.620. The summed E-state index contributed by atoms with van der Waals surface area (Å²) in [6.45, 7) is 14.6. The molecule has 0 aliphatic heterocycles. The fraction of sp³-hybridized carbons (Fsp3) is 0.792. The van der Waals surface area contributed by atoms with Crippen molar-refractivity contribution in [2.45, 2.75) is 111 Å². The van der Waals surface area contributed by atoms with Gasteiger partial charge in [-0.25, -0.2) is 0 Å². The minimum atomic E-state index is -0.752. The molecule has 0 aromatic carbocycles. The van der Waals surface area contributed by atoms with E-state index >= 15 is 0 Å². The Bertz CT molecular complexity index is 457. The zero-order valence-corrected chi connectivity index (χ0v) is 18.9. The van der Waals surface area contributed by atoms with E-state index in [1.54, 1.807) is 0 Å². The normalized spacial score (nSPS) is 14.3. The van der Waals surface area contributed by atoms with E-state index in [4.69, 9.17) is 0 Å². The van der Waals surface area contributed by atoms with Gasteiger partial charge in [0.05, 0.1) is 0 Å². The number of nitrogens with zero attached hydrogens (tertiary/aromatic N) is 1. The van der Waals surface area contributed by atoms with Gasteiger partial charge < -0.3 is 5.11 Å². The first-order valence-corrected chi connectivity index (χ1v) is 11.1. The summed E-state index contributed by atoms with van der Waals surface area (Å²) in [6, 6.07) is 0. The summed E-state index contributed by atoms with van der Waals surface area (Å²) in [6.07, 6.45) is 14.3. The second-order valence-corrected chi connectivity index (χ2v) is 8.21. The Labute approximate surface area is 168 Å². The van der Waals surface area contributed by atoms with E-state index in [2.05, 4.69) is 58.6 Å². The van der Waals surface area contributed by atoms with Gasteiger partial charge in [0, 0.05) is 0 Å². The summed E-state index contributed by atoms with van der Waals surface area (Å²) in [7, 11) is 0. The fourth-order valence-corrected chi connectivity index (χ4v) is 3.68. The number of carbonyl (C=O) groups is 1. The van der Waals surface area contributed by atoms with Gasteiger partial charge in [-0.3, -0.25) is 9.69 Å². The first kappa shape index (κ1) is 25.9. The Hall–Kier alpha value is -1.09. The zero-order valence-electron chi connectivity index (χ0n) is 18.9. The van der Waals surface area contributed by atoms with E-state index in [0.29, 0.717) is 6.42 Å². The Balaban J connectivity index is 5.42. The number of hydrogen-bond acceptors (Lipinski definition) is 2. The van der Waals surface area contributed by atoms with Crippen LogP contribution in [0.5, 0.6) is 0 Å². The largest absolute Gasteiger partial charge is 0.480 e. The molecule has 0 aromatic heterocycles. The number of hydrogen-bond donors (Lipinski definition) is 1. The zero-order chi connectivity index (χ0) is 20.7. The fourth-order valence-electron chi connectivity index (χ4n) is 3.68. The van der Waals surface area contributed by atoms with Gasteiger partial charge in [-0.2, -0.15) is 0 Å². The number of carboxylic acids is 1. The molecule has 3 heteroatoms. The van der Waals surface area contributed by atoms with Gasteiger partial charge in [0.15, 0.2) is 0 Å².